The standard InChI is InChI=1S/C37H58N2/c1-3-5-7-8-9-10-11-13-15-31-18-22-34(23-19-31)36-28-38-37(39-29-36)35-26-24-33(25-27-35)32-20-16-30(17-21-32)14-12-6-4-2/h24-32,34H,3-23H2,1-2H3/t30-,31-,32-,34-. The molecule has 1 aromatic heterocycles. The van der Waals surface area contributed by atoms with Gasteiger partial charge >= 0.3 is 0 Å². The van der Waals surface area contributed by atoms with Crippen LogP contribution in [-0.2, 0) is 0 Å². The molecule has 0 aliphatic heterocycles. The van der Waals surface area contributed by atoms with E-state index in [0.717, 1.165) is 29.1 Å². The highest BCUT2D eigenvalue weighted by atomic mass is 14.9. The monoisotopic (exact) mass is 530 g/mol. The van der Waals surface area contributed by atoms with Crippen LogP contribution in [0.5, 0.6) is 0 Å². The third-order valence-electron chi connectivity index (χ3n) is 10.2. The second kappa shape index (κ2) is 17.2. The molecule has 39 heavy (non-hydrogen) atoms. The van der Waals surface area contributed by atoms with E-state index in [2.05, 4.69) is 50.5 Å². The molecule has 216 valence electrons. The van der Waals surface area contributed by atoms with Crippen LogP contribution in [0.2, 0.25) is 0 Å². The predicted molar refractivity (Wildman–Crippen MR) is 168 cm³/mol. The highest BCUT2D eigenvalue weighted by molar-refractivity contribution is 5.55. The zero-order chi connectivity index (χ0) is 27.1. The first-order valence-electron chi connectivity index (χ1n) is 17.2. The number of hydrogen-bond acceptors (Lipinski definition) is 2. The lowest BCUT2D eigenvalue weighted by atomic mass is 9.77. The van der Waals surface area contributed by atoms with E-state index in [1.165, 1.54) is 146 Å². The average molecular weight is 531 g/mol. The van der Waals surface area contributed by atoms with Gasteiger partial charge in [0.2, 0.25) is 0 Å². The summed E-state index contributed by atoms with van der Waals surface area (Å²) in [6.07, 6.45) is 33.8. The maximum atomic E-state index is 4.82. The largest absolute Gasteiger partial charge is 0.236 e. The molecule has 0 atom stereocenters. The lowest BCUT2D eigenvalue weighted by Crippen LogP contribution is -2.14. The third-order valence-corrected chi connectivity index (χ3v) is 10.2. The van der Waals surface area contributed by atoms with Gasteiger partial charge in [0.1, 0.15) is 0 Å². The summed E-state index contributed by atoms with van der Waals surface area (Å²) in [6.45, 7) is 4.61. The van der Waals surface area contributed by atoms with Gasteiger partial charge in [-0.15, -0.1) is 0 Å². The van der Waals surface area contributed by atoms with Crippen molar-refractivity contribution in [3.05, 3.63) is 47.8 Å². The summed E-state index contributed by atoms with van der Waals surface area (Å²) in [4.78, 5) is 9.63. The van der Waals surface area contributed by atoms with Crippen molar-refractivity contribution in [2.45, 2.75) is 161 Å². The van der Waals surface area contributed by atoms with Gasteiger partial charge in [0.25, 0.3) is 0 Å². The molecule has 2 aromatic rings. The lowest BCUT2D eigenvalue weighted by Gasteiger charge is -2.29. The molecule has 0 spiro atoms. The summed E-state index contributed by atoms with van der Waals surface area (Å²) in [5.74, 6) is 4.22. The molecule has 4 rings (SSSR count). The van der Waals surface area contributed by atoms with E-state index < -0.39 is 0 Å². The van der Waals surface area contributed by atoms with Gasteiger partial charge in [-0.2, -0.15) is 0 Å². The zero-order valence-electron chi connectivity index (χ0n) is 25.5. The van der Waals surface area contributed by atoms with Crippen LogP contribution in [0.3, 0.4) is 0 Å². The van der Waals surface area contributed by atoms with Crippen molar-refractivity contribution >= 4 is 0 Å². The van der Waals surface area contributed by atoms with Gasteiger partial charge in [-0.1, -0.05) is 122 Å². The Bertz CT molecular complexity index is 886. The minimum Gasteiger partial charge on any atom is -0.236 e. The van der Waals surface area contributed by atoms with Crippen LogP contribution in [0, 0.1) is 11.8 Å². The summed E-state index contributed by atoms with van der Waals surface area (Å²) in [5, 5.41) is 0. The molecule has 0 bridgehead atoms. The summed E-state index contributed by atoms with van der Waals surface area (Å²) in [5.41, 5.74) is 4.04. The molecule has 0 N–H and O–H groups in total. The zero-order valence-corrected chi connectivity index (χ0v) is 25.5. The second-order valence-corrected chi connectivity index (χ2v) is 13.2. The number of rotatable bonds is 16. The van der Waals surface area contributed by atoms with Gasteiger partial charge in [0, 0.05) is 18.0 Å². The van der Waals surface area contributed by atoms with Crippen LogP contribution in [0.15, 0.2) is 36.7 Å². The Hall–Kier alpha value is -1.70. The number of aromatic nitrogens is 2. The van der Waals surface area contributed by atoms with E-state index in [9.17, 15) is 0 Å². The molecule has 0 unspecified atom stereocenters. The minimum absolute atomic E-state index is 0.661. The highest BCUT2D eigenvalue weighted by Gasteiger charge is 2.24. The van der Waals surface area contributed by atoms with E-state index in [0.29, 0.717) is 5.92 Å². The van der Waals surface area contributed by atoms with E-state index >= 15 is 0 Å². The third kappa shape index (κ3) is 10.0. The maximum Gasteiger partial charge on any atom is 0.159 e. The molecule has 2 aliphatic carbocycles. The van der Waals surface area contributed by atoms with Crippen molar-refractivity contribution < 1.29 is 0 Å². The Balaban J connectivity index is 1.15. The lowest BCUT2D eigenvalue weighted by molar-refractivity contribution is 0.301. The van der Waals surface area contributed by atoms with E-state index in [1.807, 2.05) is 0 Å². The van der Waals surface area contributed by atoms with Crippen molar-refractivity contribution in [2.24, 2.45) is 11.8 Å². The molecule has 1 heterocycles. The highest BCUT2D eigenvalue weighted by Crippen LogP contribution is 2.39. The van der Waals surface area contributed by atoms with Crippen LogP contribution >= 0.6 is 0 Å². The predicted octanol–water partition coefficient (Wildman–Crippen LogP) is 11.8. The maximum absolute atomic E-state index is 4.82. The Kier molecular flexibility index (Phi) is 13.3. The first-order chi connectivity index (χ1) is 19.3. The van der Waals surface area contributed by atoms with Gasteiger partial charge in [-0.3, -0.25) is 0 Å². The average Bonchev–Trinajstić information content (AvgIpc) is 3.00. The van der Waals surface area contributed by atoms with E-state index in [-0.39, 0.29) is 0 Å². The molecule has 2 nitrogen and oxygen atoms in total. The van der Waals surface area contributed by atoms with Crippen molar-refractivity contribution in [1.82, 2.24) is 9.97 Å². The van der Waals surface area contributed by atoms with Crippen molar-refractivity contribution in [1.29, 1.82) is 0 Å². The SMILES string of the molecule is CCCCCCCCCC[C@H]1CC[C@H](c2cnc(-c3ccc([C@H]4CC[C@H](CCCCC)CC4)cc3)nc2)CC1. The first-order valence-corrected chi connectivity index (χ1v) is 17.2. The number of nitrogens with zero attached hydrogens (tertiary/aromatic N) is 2. The Labute approximate surface area is 241 Å². The molecule has 0 saturated heterocycles. The summed E-state index contributed by atoms with van der Waals surface area (Å²) in [6, 6.07) is 9.22. The van der Waals surface area contributed by atoms with E-state index in [1.54, 1.807) is 0 Å². The minimum atomic E-state index is 0.661. The Morgan fingerprint density at radius 3 is 1.49 bits per heavy atom. The fourth-order valence-electron chi connectivity index (χ4n) is 7.42. The summed E-state index contributed by atoms with van der Waals surface area (Å²) < 4.78 is 0. The fraction of sp³-hybridized carbons (Fsp3) is 0.730. The quantitative estimate of drug-likeness (QED) is 0.202. The van der Waals surface area contributed by atoms with Gasteiger partial charge in [-0.25, -0.2) is 9.97 Å². The smallest absolute Gasteiger partial charge is 0.159 e. The van der Waals surface area contributed by atoms with Gasteiger partial charge in [0.05, 0.1) is 0 Å². The molecule has 2 fully saturated rings. The van der Waals surface area contributed by atoms with Crippen LogP contribution in [0.1, 0.15) is 172 Å². The second-order valence-electron chi connectivity index (χ2n) is 13.2. The molecule has 0 radical (unpaired) electrons. The normalized spacial score (nSPS) is 23.6. The van der Waals surface area contributed by atoms with Crippen LogP contribution < -0.4 is 0 Å². The van der Waals surface area contributed by atoms with Crippen LogP contribution in [0.25, 0.3) is 11.4 Å². The fourth-order valence-corrected chi connectivity index (χ4v) is 7.42. The van der Waals surface area contributed by atoms with E-state index in [4.69, 9.17) is 9.97 Å². The first kappa shape index (κ1) is 30.3. The van der Waals surface area contributed by atoms with Gasteiger partial charge in [0.15, 0.2) is 5.82 Å². The molecule has 2 heteroatoms. The summed E-state index contributed by atoms with van der Waals surface area (Å²) in [7, 11) is 0. The summed E-state index contributed by atoms with van der Waals surface area (Å²) >= 11 is 0. The Morgan fingerprint density at radius 2 is 0.949 bits per heavy atom. The molecular formula is C37H58N2. The topological polar surface area (TPSA) is 25.8 Å². The number of unbranched alkanes of at least 4 members (excludes halogenated alkanes) is 9. The van der Waals surface area contributed by atoms with Crippen LogP contribution in [-0.4, -0.2) is 9.97 Å². The van der Waals surface area contributed by atoms with Crippen LogP contribution in [0.4, 0.5) is 0 Å². The molecule has 2 aliphatic rings. The number of benzene rings is 1. The van der Waals surface area contributed by atoms with Gasteiger partial charge in [-0.05, 0) is 86.2 Å². The Morgan fingerprint density at radius 1 is 0.513 bits per heavy atom. The molecule has 1 aromatic carbocycles. The molecular weight excluding hydrogens is 472 g/mol. The number of hydrogen-bond donors (Lipinski definition) is 0. The van der Waals surface area contributed by atoms with Crippen molar-refractivity contribution in [3.8, 4) is 11.4 Å². The molecule has 0 amide bonds. The van der Waals surface area contributed by atoms with Crippen molar-refractivity contribution in [3.63, 3.8) is 0 Å². The molecule has 2 saturated carbocycles. The van der Waals surface area contributed by atoms with Crippen molar-refractivity contribution in [2.75, 3.05) is 0 Å². The van der Waals surface area contributed by atoms with Gasteiger partial charge < -0.3 is 0 Å².